The molecule has 0 unspecified atom stereocenters. The molecule has 1 heterocycles. The first kappa shape index (κ1) is 13.1. The summed E-state index contributed by atoms with van der Waals surface area (Å²) in [6.45, 7) is 0. The minimum absolute atomic E-state index is 0.104. The first-order valence-corrected chi connectivity index (χ1v) is 6.33. The molecule has 0 aliphatic heterocycles. The number of aliphatic carboxylic acids is 1. The molecular formula is C16H11NO4. The molecule has 2 aromatic carbocycles. The summed E-state index contributed by atoms with van der Waals surface area (Å²) in [6.07, 6.45) is -0.238. The van der Waals surface area contributed by atoms with Gasteiger partial charge in [0.25, 0.3) is 0 Å². The van der Waals surface area contributed by atoms with Gasteiger partial charge in [-0.15, -0.1) is 0 Å². The highest BCUT2D eigenvalue weighted by atomic mass is 16.4. The van der Waals surface area contributed by atoms with Gasteiger partial charge in [-0.3, -0.25) is 4.79 Å². The Morgan fingerprint density at radius 1 is 0.952 bits per heavy atom. The van der Waals surface area contributed by atoms with Crippen molar-refractivity contribution in [2.75, 3.05) is 0 Å². The molecule has 0 saturated carbocycles. The van der Waals surface area contributed by atoms with E-state index in [1.54, 1.807) is 42.5 Å². The molecule has 104 valence electrons. The number of aromatic carboxylic acids is 1. The highest BCUT2D eigenvalue weighted by molar-refractivity contribution is 6.14. The lowest BCUT2D eigenvalue weighted by atomic mass is 9.97. The van der Waals surface area contributed by atoms with Crippen LogP contribution in [0.5, 0.6) is 0 Å². The molecule has 3 aromatic rings. The molecule has 0 fully saturated rings. The first-order chi connectivity index (χ1) is 10.1. The van der Waals surface area contributed by atoms with Crippen LogP contribution >= 0.6 is 0 Å². The minimum atomic E-state index is -1.09. The number of carboxylic acid groups (broad SMARTS) is 2. The highest BCUT2D eigenvalue weighted by Crippen LogP contribution is 2.29. The van der Waals surface area contributed by atoms with Crippen molar-refractivity contribution in [3.8, 4) is 0 Å². The fourth-order valence-corrected chi connectivity index (χ4v) is 2.55. The molecule has 1 aromatic heterocycles. The van der Waals surface area contributed by atoms with Gasteiger partial charge >= 0.3 is 11.9 Å². The predicted octanol–water partition coefficient (Wildman–Crippen LogP) is 2.71. The molecule has 21 heavy (non-hydrogen) atoms. The molecule has 2 N–H and O–H groups in total. The maximum Gasteiger partial charge on any atom is 0.337 e. The molecule has 0 bridgehead atoms. The molecule has 0 saturated heterocycles. The zero-order valence-corrected chi connectivity index (χ0v) is 10.9. The van der Waals surface area contributed by atoms with Crippen LogP contribution in [0.3, 0.4) is 0 Å². The average Bonchev–Trinajstić information content (AvgIpc) is 2.44. The maximum atomic E-state index is 11.7. The Morgan fingerprint density at radius 3 is 2.38 bits per heavy atom. The van der Waals surface area contributed by atoms with E-state index in [2.05, 4.69) is 4.98 Å². The van der Waals surface area contributed by atoms with Crippen molar-refractivity contribution >= 4 is 33.7 Å². The van der Waals surface area contributed by atoms with Gasteiger partial charge in [-0.2, -0.15) is 0 Å². The number of carboxylic acids is 2. The lowest BCUT2D eigenvalue weighted by Crippen LogP contribution is -2.06. The Labute approximate surface area is 119 Å². The highest BCUT2D eigenvalue weighted by Gasteiger charge is 2.18. The van der Waals surface area contributed by atoms with Gasteiger partial charge in [-0.25, -0.2) is 9.78 Å². The Kier molecular flexibility index (Phi) is 3.02. The molecule has 5 nitrogen and oxygen atoms in total. The standard InChI is InChI=1S/C16H11NO4/c18-13(19)8-9-4-3-7-12-14(9)15(16(20)21)10-5-1-2-6-11(10)17-12/h1-7H,8H2,(H,18,19)(H,20,21). The minimum Gasteiger partial charge on any atom is -0.481 e. The zero-order chi connectivity index (χ0) is 15.0. The molecule has 0 amide bonds. The molecule has 0 atom stereocenters. The largest absolute Gasteiger partial charge is 0.481 e. The van der Waals surface area contributed by atoms with E-state index in [0.29, 0.717) is 27.4 Å². The van der Waals surface area contributed by atoms with E-state index in [9.17, 15) is 14.7 Å². The zero-order valence-electron chi connectivity index (χ0n) is 10.9. The second-order valence-electron chi connectivity index (χ2n) is 4.69. The predicted molar refractivity (Wildman–Crippen MR) is 77.5 cm³/mol. The number of para-hydroxylation sites is 1. The van der Waals surface area contributed by atoms with Crippen LogP contribution in [0.1, 0.15) is 15.9 Å². The second kappa shape index (κ2) is 4.86. The van der Waals surface area contributed by atoms with Crippen molar-refractivity contribution in [3.05, 3.63) is 53.6 Å². The summed E-state index contributed by atoms with van der Waals surface area (Å²) < 4.78 is 0. The van der Waals surface area contributed by atoms with E-state index in [1.165, 1.54) is 0 Å². The molecule has 0 aliphatic carbocycles. The first-order valence-electron chi connectivity index (χ1n) is 6.33. The number of hydrogen-bond donors (Lipinski definition) is 2. The quantitative estimate of drug-likeness (QED) is 0.721. The van der Waals surface area contributed by atoms with Crippen molar-refractivity contribution in [2.45, 2.75) is 6.42 Å². The number of benzene rings is 2. The SMILES string of the molecule is O=C(O)Cc1cccc2nc3ccccc3c(C(=O)O)c12. The lowest BCUT2D eigenvalue weighted by molar-refractivity contribution is -0.136. The summed E-state index contributed by atoms with van der Waals surface area (Å²) in [5.74, 6) is -2.09. The maximum absolute atomic E-state index is 11.7. The Hall–Kier alpha value is -2.95. The van der Waals surface area contributed by atoms with Crippen molar-refractivity contribution in [3.63, 3.8) is 0 Å². The van der Waals surface area contributed by atoms with E-state index in [0.717, 1.165) is 0 Å². The summed E-state index contributed by atoms with van der Waals surface area (Å²) in [6, 6.07) is 12.0. The molecule has 5 heteroatoms. The van der Waals surface area contributed by atoms with E-state index in [1.807, 2.05) is 0 Å². The van der Waals surface area contributed by atoms with Crippen LogP contribution in [0.2, 0.25) is 0 Å². The van der Waals surface area contributed by atoms with Gasteiger partial charge in [0.2, 0.25) is 0 Å². The molecule has 0 spiro atoms. The molecule has 0 aliphatic rings. The Morgan fingerprint density at radius 2 is 1.67 bits per heavy atom. The number of fused-ring (bicyclic) bond motifs is 2. The third kappa shape index (κ3) is 2.18. The van der Waals surface area contributed by atoms with Crippen LogP contribution in [0.4, 0.5) is 0 Å². The van der Waals surface area contributed by atoms with E-state index in [4.69, 9.17) is 5.11 Å². The topological polar surface area (TPSA) is 87.5 Å². The summed E-state index contributed by atoms with van der Waals surface area (Å²) in [5, 5.41) is 19.5. The smallest absolute Gasteiger partial charge is 0.337 e. The average molecular weight is 281 g/mol. The van der Waals surface area contributed by atoms with Crippen LogP contribution in [0.25, 0.3) is 21.8 Å². The van der Waals surface area contributed by atoms with E-state index >= 15 is 0 Å². The number of nitrogens with zero attached hydrogens (tertiary/aromatic N) is 1. The molecule has 0 radical (unpaired) electrons. The van der Waals surface area contributed by atoms with Gasteiger partial charge in [-0.05, 0) is 17.7 Å². The normalized spacial score (nSPS) is 10.9. The van der Waals surface area contributed by atoms with Crippen LogP contribution < -0.4 is 0 Å². The van der Waals surface area contributed by atoms with Gasteiger partial charge < -0.3 is 10.2 Å². The number of pyridine rings is 1. The summed E-state index contributed by atoms with van der Waals surface area (Å²) in [5.41, 5.74) is 1.63. The van der Waals surface area contributed by atoms with Crippen molar-refractivity contribution in [1.82, 2.24) is 4.98 Å². The van der Waals surface area contributed by atoms with Gasteiger partial charge in [0.1, 0.15) is 0 Å². The lowest BCUT2D eigenvalue weighted by Gasteiger charge is -2.10. The summed E-state index contributed by atoms with van der Waals surface area (Å²) in [7, 11) is 0. The number of aromatic nitrogens is 1. The van der Waals surface area contributed by atoms with Gasteiger partial charge in [0, 0.05) is 10.8 Å². The van der Waals surface area contributed by atoms with Crippen molar-refractivity contribution < 1.29 is 19.8 Å². The molecular weight excluding hydrogens is 270 g/mol. The third-order valence-electron chi connectivity index (χ3n) is 3.35. The number of carbonyl (C=O) groups is 2. The van der Waals surface area contributed by atoms with E-state index < -0.39 is 11.9 Å². The van der Waals surface area contributed by atoms with Gasteiger partial charge in [0.15, 0.2) is 0 Å². The van der Waals surface area contributed by atoms with Crippen molar-refractivity contribution in [1.29, 1.82) is 0 Å². The number of hydrogen-bond acceptors (Lipinski definition) is 3. The van der Waals surface area contributed by atoms with Crippen molar-refractivity contribution in [2.24, 2.45) is 0 Å². The fourth-order valence-electron chi connectivity index (χ4n) is 2.55. The van der Waals surface area contributed by atoms with Gasteiger partial charge in [0.05, 0.1) is 23.0 Å². The van der Waals surface area contributed by atoms with Gasteiger partial charge in [-0.1, -0.05) is 30.3 Å². The fraction of sp³-hybridized carbons (Fsp3) is 0.0625. The Balaban J connectivity index is 2.50. The Bertz CT molecular complexity index is 886. The number of rotatable bonds is 3. The van der Waals surface area contributed by atoms with E-state index in [-0.39, 0.29) is 12.0 Å². The molecule has 3 rings (SSSR count). The van der Waals surface area contributed by atoms with Crippen LogP contribution in [0.15, 0.2) is 42.5 Å². The van der Waals surface area contributed by atoms with Crippen LogP contribution in [-0.2, 0) is 11.2 Å². The third-order valence-corrected chi connectivity index (χ3v) is 3.35. The summed E-state index contributed by atoms with van der Waals surface area (Å²) >= 11 is 0. The van der Waals surface area contributed by atoms with Crippen LogP contribution in [0, 0.1) is 0 Å². The second-order valence-corrected chi connectivity index (χ2v) is 4.69. The van der Waals surface area contributed by atoms with Crippen LogP contribution in [-0.4, -0.2) is 27.1 Å². The monoisotopic (exact) mass is 281 g/mol. The summed E-state index contributed by atoms with van der Waals surface area (Å²) in [4.78, 5) is 27.1.